The van der Waals surface area contributed by atoms with Gasteiger partial charge in [-0.3, -0.25) is 0 Å². The normalized spacial score (nSPS) is 15.1. The van der Waals surface area contributed by atoms with E-state index in [4.69, 9.17) is 13.9 Å². The van der Waals surface area contributed by atoms with Gasteiger partial charge in [-0.25, -0.2) is 8.42 Å². The molecule has 10 heteroatoms. The topological polar surface area (TPSA) is 77.8 Å². The fourth-order valence-corrected chi connectivity index (χ4v) is 5.16. The molecule has 0 saturated carbocycles. The molecule has 3 aromatic carbocycles. The minimum absolute atomic E-state index is 0.0285. The van der Waals surface area contributed by atoms with Crippen LogP contribution in [-0.2, 0) is 16.2 Å². The maximum absolute atomic E-state index is 13.9. The highest BCUT2D eigenvalue weighted by Crippen LogP contribution is 2.39. The number of furan rings is 1. The summed E-state index contributed by atoms with van der Waals surface area (Å²) in [6, 6.07) is 15.8. The van der Waals surface area contributed by atoms with E-state index in [0.29, 0.717) is 36.4 Å². The fourth-order valence-electron chi connectivity index (χ4n) is 3.96. The van der Waals surface area contributed by atoms with E-state index >= 15 is 0 Å². The van der Waals surface area contributed by atoms with Crippen molar-refractivity contribution in [2.45, 2.75) is 23.5 Å². The van der Waals surface area contributed by atoms with Gasteiger partial charge in [-0.05, 0) is 35.9 Å². The summed E-state index contributed by atoms with van der Waals surface area (Å²) in [5, 5.41) is 0.631. The molecule has 0 amide bonds. The van der Waals surface area contributed by atoms with Crippen LogP contribution in [0.25, 0.3) is 11.0 Å². The number of sulfonamides is 1. The third-order valence-corrected chi connectivity index (χ3v) is 7.03. The third-order valence-electron chi connectivity index (χ3n) is 5.61. The molecule has 1 atom stereocenters. The number of fused-ring (bicyclic) bond motifs is 2. The van der Waals surface area contributed by atoms with Gasteiger partial charge in [0.05, 0.1) is 23.7 Å². The molecule has 0 fully saturated rings. The standard InChI is InChI=1S/C25H20F3NO5S/c26-25(27,28)19-8-3-2-7-18(19)24(23-14-16-6-1-4-9-20(16)34-23)29-35(30,31)17-10-11-21-22(15-17)33-13-5-12-32-21/h1-4,6-11,14-15,24,29H,5,12-13H2/t24-/m1/s1. The van der Waals surface area contributed by atoms with Crippen molar-refractivity contribution in [1.82, 2.24) is 4.72 Å². The van der Waals surface area contributed by atoms with Gasteiger partial charge in [0.15, 0.2) is 11.5 Å². The number of rotatable bonds is 5. The van der Waals surface area contributed by atoms with Crippen molar-refractivity contribution < 1.29 is 35.5 Å². The lowest BCUT2D eigenvalue weighted by Crippen LogP contribution is -2.30. The second-order valence-electron chi connectivity index (χ2n) is 7.98. The first-order valence-electron chi connectivity index (χ1n) is 10.8. The third kappa shape index (κ3) is 4.71. The van der Waals surface area contributed by atoms with E-state index in [1.807, 2.05) is 0 Å². The molecular formula is C25H20F3NO5S. The molecule has 0 bridgehead atoms. The van der Waals surface area contributed by atoms with E-state index in [9.17, 15) is 21.6 Å². The number of nitrogens with one attached hydrogen (secondary N) is 1. The molecule has 182 valence electrons. The van der Waals surface area contributed by atoms with Gasteiger partial charge < -0.3 is 13.9 Å². The number of benzene rings is 3. The highest BCUT2D eigenvalue weighted by Gasteiger charge is 2.37. The van der Waals surface area contributed by atoms with E-state index in [1.165, 1.54) is 42.5 Å². The molecule has 0 aliphatic carbocycles. The van der Waals surface area contributed by atoms with Gasteiger partial charge in [-0.1, -0.05) is 36.4 Å². The van der Waals surface area contributed by atoms with Crippen molar-refractivity contribution in [2.24, 2.45) is 0 Å². The zero-order valence-electron chi connectivity index (χ0n) is 18.2. The van der Waals surface area contributed by atoms with Crippen LogP contribution in [0, 0.1) is 0 Å². The average Bonchev–Trinajstić information content (AvgIpc) is 3.12. The lowest BCUT2D eigenvalue weighted by molar-refractivity contribution is -0.138. The molecule has 1 N–H and O–H groups in total. The van der Waals surface area contributed by atoms with Crippen LogP contribution in [0.3, 0.4) is 0 Å². The fraction of sp³-hybridized carbons (Fsp3) is 0.200. The van der Waals surface area contributed by atoms with Crippen molar-refractivity contribution in [3.8, 4) is 11.5 Å². The lowest BCUT2D eigenvalue weighted by Gasteiger charge is -2.21. The molecule has 0 spiro atoms. The predicted molar refractivity (Wildman–Crippen MR) is 122 cm³/mol. The van der Waals surface area contributed by atoms with Gasteiger partial charge in [-0.2, -0.15) is 17.9 Å². The highest BCUT2D eigenvalue weighted by atomic mass is 32.2. The van der Waals surface area contributed by atoms with Crippen LogP contribution in [0.5, 0.6) is 11.5 Å². The molecule has 0 unspecified atom stereocenters. The van der Waals surface area contributed by atoms with Crippen molar-refractivity contribution in [3.63, 3.8) is 0 Å². The lowest BCUT2D eigenvalue weighted by atomic mass is 9.98. The van der Waals surface area contributed by atoms with Gasteiger partial charge in [0.2, 0.25) is 10.0 Å². The van der Waals surface area contributed by atoms with E-state index < -0.39 is 27.8 Å². The summed E-state index contributed by atoms with van der Waals surface area (Å²) in [7, 11) is -4.31. The molecule has 35 heavy (non-hydrogen) atoms. The van der Waals surface area contributed by atoms with Crippen LogP contribution in [0.1, 0.15) is 29.3 Å². The van der Waals surface area contributed by atoms with Crippen LogP contribution in [-0.4, -0.2) is 21.6 Å². The first-order chi connectivity index (χ1) is 16.7. The molecule has 6 nitrogen and oxygen atoms in total. The Kier molecular flexibility index (Phi) is 5.94. The van der Waals surface area contributed by atoms with E-state index in [2.05, 4.69) is 4.72 Å². The van der Waals surface area contributed by atoms with Crippen LogP contribution < -0.4 is 14.2 Å². The number of alkyl halides is 3. The number of hydrogen-bond donors (Lipinski definition) is 1. The Bertz CT molecular complexity index is 1450. The molecule has 4 aromatic rings. The first kappa shape index (κ1) is 23.3. The second kappa shape index (κ2) is 8.94. The molecular weight excluding hydrogens is 483 g/mol. The van der Waals surface area contributed by atoms with E-state index in [0.717, 1.165) is 6.07 Å². The van der Waals surface area contributed by atoms with E-state index in [1.54, 1.807) is 24.3 Å². The summed E-state index contributed by atoms with van der Waals surface area (Å²) < 4.78 is 87.8. The average molecular weight is 503 g/mol. The Morgan fingerprint density at radius 1 is 0.857 bits per heavy atom. The second-order valence-corrected chi connectivity index (χ2v) is 9.70. The SMILES string of the molecule is O=S(=O)(N[C@@H](c1cc2ccccc2o1)c1ccccc1C(F)(F)F)c1ccc2c(c1)OCCCO2. The van der Waals surface area contributed by atoms with Crippen LogP contribution in [0.15, 0.2) is 82.1 Å². The zero-order valence-corrected chi connectivity index (χ0v) is 19.0. The Balaban J connectivity index is 1.61. The van der Waals surface area contributed by atoms with Crippen LogP contribution >= 0.6 is 0 Å². The van der Waals surface area contributed by atoms with Gasteiger partial charge in [-0.15, -0.1) is 0 Å². The van der Waals surface area contributed by atoms with Gasteiger partial charge in [0, 0.05) is 17.9 Å². The Labute approximate surface area is 199 Å². The van der Waals surface area contributed by atoms with Gasteiger partial charge in [0.25, 0.3) is 0 Å². The summed E-state index contributed by atoms with van der Waals surface area (Å²) in [5.74, 6) is 0.680. The minimum atomic E-state index is -4.71. The summed E-state index contributed by atoms with van der Waals surface area (Å²) in [6.45, 7) is 0.782. The van der Waals surface area contributed by atoms with Gasteiger partial charge >= 0.3 is 6.18 Å². The molecule has 0 radical (unpaired) electrons. The smallest absolute Gasteiger partial charge is 0.416 e. The Morgan fingerprint density at radius 3 is 2.34 bits per heavy atom. The quantitative estimate of drug-likeness (QED) is 0.379. The molecule has 2 heterocycles. The minimum Gasteiger partial charge on any atom is -0.490 e. The maximum Gasteiger partial charge on any atom is 0.416 e. The summed E-state index contributed by atoms with van der Waals surface area (Å²) in [6.07, 6.45) is -4.07. The van der Waals surface area contributed by atoms with Gasteiger partial charge in [0.1, 0.15) is 17.4 Å². The number of ether oxygens (including phenoxy) is 2. The maximum atomic E-state index is 13.9. The molecule has 5 rings (SSSR count). The van der Waals surface area contributed by atoms with Crippen molar-refractivity contribution in [1.29, 1.82) is 0 Å². The first-order valence-corrected chi connectivity index (χ1v) is 12.3. The number of halogens is 3. The molecule has 1 aliphatic rings. The molecule has 1 aromatic heterocycles. The van der Waals surface area contributed by atoms with E-state index in [-0.39, 0.29) is 22.0 Å². The summed E-state index contributed by atoms with van der Waals surface area (Å²) in [4.78, 5) is -0.174. The summed E-state index contributed by atoms with van der Waals surface area (Å²) >= 11 is 0. The summed E-state index contributed by atoms with van der Waals surface area (Å²) in [5.41, 5.74) is -0.824. The van der Waals surface area contributed by atoms with Crippen molar-refractivity contribution in [2.75, 3.05) is 13.2 Å². The van der Waals surface area contributed by atoms with Crippen LogP contribution in [0.4, 0.5) is 13.2 Å². The zero-order chi connectivity index (χ0) is 24.6. The van der Waals surface area contributed by atoms with Crippen molar-refractivity contribution >= 4 is 21.0 Å². The monoisotopic (exact) mass is 503 g/mol. The Morgan fingerprint density at radius 2 is 1.57 bits per heavy atom. The molecule has 0 saturated heterocycles. The molecule has 1 aliphatic heterocycles. The number of para-hydroxylation sites is 1. The van der Waals surface area contributed by atoms with Crippen LogP contribution in [0.2, 0.25) is 0 Å². The predicted octanol–water partition coefficient (Wildman–Crippen LogP) is 5.68. The largest absolute Gasteiger partial charge is 0.490 e. The Hall–Kier alpha value is -3.50. The van der Waals surface area contributed by atoms with Crippen molar-refractivity contribution in [3.05, 3.63) is 89.7 Å². The number of hydrogen-bond acceptors (Lipinski definition) is 5. The highest BCUT2D eigenvalue weighted by molar-refractivity contribution is 7.89.